The molecule has 1 heterocycles. The lowest BCUT2D eigenvalue weighted by Gasteiger charge is -2.34. The number of imide groups is 2. The Morgan fingerprint density at radius 3 is 2.41 bits per heavy atom. The van der Waals surface area contributed by atoms with Gasteiger partial charge in [-0.05, 0) is 30.9 Å². The Bertz CT molecular complexity index is 840. The van der Waals surface area contributed by atoms with Crippen molar-refractivity contribution in [2.24, 2.45) is 5.92 Å². The minimum absolute atomic E-state index is 0.130. The molecule has 1 aliphatic heterocycles. The van der Waals surface area contributed by atoms with Crippen LogP contribution in [-0.4, -0.2) is 60.4 Å². The van der Waals surface area contributed by atoms with Crippen LogP contribution in [0, 0.1) is 5.92 Å². The fraction of sp³-hybridized carbons (Fsp3) is 0.500. The van der Waals surface area contributed by atoms with Gasteiger partial charge in [0.25, 0.3) is 0 Å². The minimum Gasteiger partial charge on any atom is -0.493 e. The lowest BCUT2D eigenvalue weighted by molar-refractivity contribution is -0.145. The molecular weight excluding hydrogens is 378 g/mol. The number of ether oxygens (including phenoxy) is 2. The van der Waals surface area contributed by atoms with E-state index in [4.69, 9.17) is 9.47 Å². The molecule has 1 aliphatic carbocycles. The van der Waals surface area contributed by atoms with Gasteiger partial charge in [0, 0.05) is 17.8 Å². The Labute approximate surface area is 168 Å². The number of anilines is 1. The molecule has 156 valence electrons. The molecule has 5 amide bonds. The molecule has 9 nitrogen and oxygen atoms in total. The van der Waals surface area contributed by atoms with E-state index < -0.39 is 30.3 Å². The SMILES string of the molecule is COc1ccc(NC(=O)CN2C(=O)C(=O)N([C@@H]3CCCC[C@@H]3C)C2=O)cc1OC. The van der Waals surface area contributed by atoms with Crippen molar-refractivity contribution in [2.45, 2.75) is 38.6 Å². The zero-order chi connectivity index (χ0) is 21.1. The first-order chi connectivity index (χ1) is 13.9. The predicted molar refractivity (Wildman–Crippen MR) is 104 cm³/mol. The summed E-state index contributed by atoms with van der Waals surface area (Å²) < 4.78 is 10.3. The van der Waals surface area contributed by atoms with E-state index in [0.717, 1.165) is 24.2 Å². The summed E-state index contributed by atoms with van der Waals surface area (Å²) in [5.41, 5.74) is 0.413. The summed E-state index contributed by atoms with van der Waals surface area (Å²) in [5.74, 6) is -1.36. The summed E-state index contributed by atoms with van der Waals surface area (Å²) in [7, 11) is 2.97. The Morgan fingerprint density at radius 2 is 1.76 bits per heavy atom. The van der Waals surface area contributed by atoms with E-state index in [1.807, 2.05) is 6.92 Å². The first-order valence-corrected chi connectivity index (χ1v) is 9.58. The van der Waals surface area contributed by atoms with E-state index in [-0.39, 0.29) is 12.0 Å². The Hall–Kier alpha value is -3.10. The van der Waals surface area contributed by atoms with Gasteiger partial charge in [0.2, 0.25) is 5.91 Å². The van der Waals surface area contributed by atoms with E-state index in [1.165, 1.54) is 14.2 Å². The number of amides is 5. The van der Waals surface area contributed by atoms with Gasteiger partial charge in [0.15, 0.2) is 11.5 Å². The fourth-order valence-electron chi connectivity index (χ4n) is 3.89. The normalized spacial score (nSPS) is 22.1. The number of carbonyl (C=O) groups is 4. The highest BCUT2D eigenvalue weighted by Crippen LogP contribution is 2.32. The molecule has 0 bridgehead atoms. The lowest BCUT2D eigenvalue weighted by atomic mass is 9.85. The highest BCUT2D eigenvalue weighted by molar-refractivity contribution is 6.45. The van der Waals surface area contributed by atoms with Crippen molar-refractivity contribution in [1.82, 2.24) is 9.80 Å². The van der Waals surface area contributed by atoms with Gasteiger partial charge >= 0.3 is 17.8 Å². The molecule has 1 saturated carbocycles. The molecule has 2 aliphatic rings. The summed E-state index contributed by atoms with van der Waals surface area (Å²) in [4.78, 5) is 51.7. The first-order valence-electron chi connectivity index (χ1n) is 9.58. The number of carbonyl (C=O) groups excluding carboxylic acids is 4. The van der Waals surface area contributed by atoms with E-state index in [2.05, 4.69) is 5.32 Å². The van der Waals surface area contributed by atoms with E-state index in [1.54, 1.807) is 18.2 Å². The van der Waals surface area contributed by atoms with Gasteiger partial charge < -0.3 is 14.8 Å². The number of benzene rings is 1. The zero-order valence-electron chi connectivity index (χ0n) is 16.8. The quantitative estimate of drug-likeness (QED) is 0.575. The lowest BCUT2D eigenvalue weighted by Crippen LogP contribution is -2.46. The van der Waals surface area contributed by atoms with Crippen molar-refractivity contribution in [3.8, 4) is 11.5 Å². The average Bonchev–Trinajstić information content (AvgIpc) is 2.91. The molecule has 1 N–H and O–H groups in total. The van der Waals surface area contributed by atoms with Crippen LogP contribution >= 0.6 is 0 Å². The number of hydrogen-bond donors (Lipinski definition) is 1. The number of urea groups is 1. The van der Waals surface area contributed by atoms with Crippen LogP contribution in [0.2, 0.25) is 0 Å². The van der Waals surface area contributed by atoms with Crippen LogP contribution in [0.5, 0.6) is 11.5 Å². The van der Waals surface area contributed by atoms with Crippen LogP contribution in [0.15, 0.2) is 18.2 Å². The second-order valence-corrected chi connectivity index (χ2v) is 7.30. The predicted octanol–water partition coefficient (Wildman–Crippen LogP) is 2.01. The summed E-state index contributed by atoms with van der Waals surface area (Å²) in [5, 5.41) is 2.60. The number of methoxy groups -OCH3 is 2. The molecule has 0 aromatic heterocycles. The summed E-state index contributed by atoms with van der Waals surface area (Å²) in [6.45, 7) is 1.44. The molecule has 2 fully saturated rings. The third kappa shape index (κ3) is 4.03. The molecule has 1 saturated heterocycles. The van der Waals surface area contributed by atoms with Crippen LogP contribution < -0.4 is 14.8 Å². The molecule has 3 rings (SSSR count). The number of rotatable bonds is 6. The van der Waals surface area contributed by atoms with E-state index in [0.29, 0.717) is 28.5 Å². The summed E-state index contributed by atoms with van der Waals surface area (Å²) in [6, 6.07) is 3.77. The largest absolute Gasteiger partial charge is 0.493 e. The topological polar surface area (TPSA) is 105 Å². The van der Waals surface area contributed by atoms with E-state index in [9.17, 15) is 19.2 Å². The Balaban J connectivity index is 1.69. The molecule has 0 unspecified atom stereocenters. The second-order valence-electron chi connectivity index (χ2n) is 7.30. The van der Waals surface area contributed by atoms with Crippen molar-refractivity contribution in [1.29, 1.82) is 0 Å². The van der Waals surface area contributed by atoms with E-state index >= 15 is 0 Å². The molecule has 0 radical (unpaired) electrons. The highest BCUT2D eigenvalue weighted by Gasteiger charge is 2.49. The van der Waals surface area contributed by atoms with Crippen molar-refractivity contribution >= 4 is 29.4 Å². The molecule has 2 atom stereocenters. The maximum absolute atomic E-state index is 12.7. The first kappa shape index (κ1) is 20.6. The van der Waals surface area contributed by atoms with Crippen LogP contribution in [0.3, 0.4) is 0 Å². The molecule has 29 heavy (non-hydrogen) atoms. The maximum atomic E-state index is 12.7. The second kappa shape index (κ2) is 8.50. The molecule has 9 heteroatoms. The standard InChI is InChI=1S/C20H25N3O6/c1-12-6-4-5-7-14(12)23-19(26)18(25)22(20(23)27)11-17(24)21-13-8-9-15(28-2)16(10-13)29-3/h8-10,12,14H,4-7,11H2,1-3H3,(H,21,24)/t12-,14+/m0/s1. The van der Waals surface area contributed by atoms with Crippen LogP contribution in [0.25, 0.3) is 0 Å². The number of nitrogens with one attached hydrogen (secondary N) is 1. The summed E-state index contributed by atoms with van der Waals surface area (Å²) in [6.07, 6.45) is 3.52. The average molecular weight is 403 g/mol. The minimum atomic E-state index is -0.963. The Morgan fingerprint density at radius 1 is 1.07 bits per heavy atom. The molecule has 0 spiro atoms. The van der Waals surface area contributed by atoms with Crippen molar-refractivity contribution in [3.05, 3.63) is 18.2 Å². The van der Waals surface area contributed by atoms with Gasteiger partial charge in [0.1, 0.15) is 6.54 Å². The van der Waals surface area contributed by atoms with Crippen molar-refractivity contribution in [2.75, 3.05) is 26.1 Å². The monoisotopic (exact) mass is 403 g/mol. The number of hydrogen-bond acceptors (Lipinski definition) is 6. The van der Waals surface area contributed by atoms with Gasteiger partial charge in [-0.25, -0.2) is 9.69 Å². The molecule has 1 aromatic rings. The van der Waals surface area contributed by atoms with Gasteiger partial charge in [0.05, 0.1) is 14.2 Å². The smallest absolute Gasteiger partial charge is 0.334 e. The van der Waals surface area contributed by atoms with Gasteiger partial charge in [-0.3, -0.25) is 19.3 Å². The summed E-state index contributed by atoms with van der Waals surface area (Å²) >= 11 is 0. The van der Waals surface area contributed by atoms with Crippen LogP contribution in [0.1, 0.15) is 32.6 Å². The van der Waals surface area contributed by atoms with Crippen LogP contribution in [0.4, 0.5) is 10.5 Å². The third-order valence-corrected chi connectivity index (χ3v) is 5.45. The molecule has 1 aromatic carbocycles. The third-order valence-electron chi connectivity index (χ3n) is 5.45. The van der Waals surface area contributed by atoms with Gasteiger partial charge in [-0.1, -0.05) is 19.8 Å². The van der Waals surface area contributed by atoms with Gasteiger partial charge in [-0.2, -0.15) is 0 Å². The fourth-order valence-corrected chi connectivity index (χ4v) is 3.89. The zero-order valence-corrected chi connectivity index (χ0v) is 16.8. The van der Waals surface area contributed by atoms with Gasteiger partial charge in [-0.15, -0.1) is 0 Å². The maximum Gasteiger partial charge on any atom is 0.334 e. The van der Waals surface area contributed by atoms with Crippen molar-refractivity contribution < 1.29 is 28.7 Å². The van der Waals surface area contributed by atoms with Crippen molar-refractivity contribution in [3.63, 3.8) is 0 Å². The molecular formula is C20H25N3O6. The number of nitrogens with zero attached hydrogens (tertiary/aromatic N) is 2. The Kier molecular flexibility index (Phi) is 6.05. The van der Waals surface area contributed by atoms with Crippen LogP contribution in [-0.2, 0) is 14.4 Å². The highest BCUT2D eigenvalue weighted by atomic mass is 16.5.